The Morgan fingerprint density at radius 2 is 0.702 bits per heavy atom. The average molecular weight is 1100 g/mol. The molecule has 1 aliphatic carbocycles. The first-order valence-corrected chi connectivity index (χ1v) is 30.5. The lowest BCUT2D eigenvalue weighted by atomic mass is 9.76. The molecule has 3 heterocycles. The second kappa shape index (κ2) is 18.4. The molecule has 0 N–H and O–H groups in total. The molecule has 4 heteroatoms. The molecule has 12 aromatic rings. The summed E-state index contributed by atoms with van der Waals surface area (Å²) in [6, 6.07) is 65.7. The number of benzene rings is 9. The van der Waals surface area contributed by atoms with E-state index in [-0.39, 0.29) is 38.4 Å². The SMILES string of the molecule is CC(C)(C)c1cc(C2c3c(ccc4c3c3ccccc3n4-c3cc(C(C)(C)C)cc(C(C)(C)C)c3)-c3ccc4c(c32)c2ccccc2n4-c2ccc(-n3c4ccc(C(C)(C)C)cc4c4cc(C(C)(C)C)ccc43)cc2C#N)cc(C(C)(C)C)c1. The average Bonchev–Trinajstić information content (AvgIpc) is 1.56. The van der Waals surface area contributed by atoms with Crippen molar-refractivity contribution in [3.8, 4) is 34.3 Å². The van der Waals surface area contributed by atoms with Gasteiger partial charge in [-0.1, -0.05) is 210 Å². The highest BCUT2D eigenvalue weighted by molar-refractivity contribution is 6.19. The van der Waals surface area contributed by atoms with Crippen LogP contribution >= 0.6 is 0 Å². The van der Waals surface area contributed by atoms with Gasteiger partial charge in [-0.05, 0) is 173 Å². The fraction of sp³-hybridized carbons (Fsp3) is 0.312. The number of rotatable bonds is 4. The van der Waals surface area contributed by atoms with Crippen molar-refractivity contribution in [2.75, 3.05) is 0 Å². The molecule has 422 valence electrons. The molecule has 3 aromatic heterocycles. The summed E-state index contributed by atoms with van der Waals surface area (Å²) in [5.74, 6) is -0.124. The van der Waals surface area contributed by atoms with Crippen LogP contribution in [-0.2, 0) is 32.5 Å². The van der Waals surface area contributed by atoms with Gasteiger partial charge < -0.3 is 13.7 Å². The van der Waals surface area contributed by atoms with Gasteiger partial charge in [-0.15, -0.1) is 0 Å². The van der Waals surface area contributed by atoms with Crippen molar-refractivity contribution in [2.24, 2.45) is 0 Å². The maximum absolute atomic E-state index is 11.5. The highest BCUT2D eigenvalue weighted by Gasteiger charge is 2.38. The van der Waals surface area contributed by atoms with Crippen LogP contribution < -0.4 is 0 Å². The second-order valence-electron chi connectivity index (χ2n) is 30.7. The fourth-order valence-electron chi connectivity index (χ4n) is 13.7. The summed E-state index contributed by atoms with van der Waals surface area (Å²) in [5, 5.41) is 18.9. The molecule has 84 heavy (non-hydrogen) atoms. The smallest absolute Gasteiger partial charge is 0.101 e. The number of para-hydroxylation sites is 2. The van der Waals surface area contributed by atoms with E-state index < -0.39 is 0 Å². The minimum atomic E-state index is -0.124. The van der Waals surface area contributed by atoms with Crippen molar-refractivity contribution in [3.05, 3.63) is 219 Å². The van der Waals surface area contributed by atoms with Gasteiger partial charge in [0.05, 0.1) is 44.4 Å². The Kier molecular flexibility index (Phi) is 12.1. The van der Waals surface area contributed by atoms with Crippen molar-refractivity contribution in [1.82, 2.24) is 13.7 Å². The van der Waals surface area contributed by atoms with E-state index in [9.17, 15) is 5.26 Å². The van der Waals surface area contributed by atoms with Crippen molar-refractivity contribution >= 4 is 65.4 Å². The largest absolute Gasteiger partial charge is 0.309 e. The third-order valence-corrected chi connectivity index (χ3v) is 18.7. The Bertz CT molecular complexity index is 4640. The standard InChI is InChI=1S/C80H82N4/c1-75(2,3)49-27-32-66-61(44-49)62-45-50(76(4,5)6)28-33-67(62)82(66)55-29-34-63(48(39-55)46-81)84-65-26-22-20-24-60(65)72-69(84)36-31-58-57-30-35-68-71(73(57)70(74(58)72)47-37-51(77(7,8)9)40-52(38-47)78(10,11)12)59-23-19-21-25-64(59)83(68)56-42-53(79(13,14)15)41-54(43-56)80(16,17)18/h19-45,70H,1-18H3. The van der Waals surface area contributed by atoms with Crippen LogP contribution in [0, 0.1) is 11.3 Å². The van der Waals surface area contributed by atoms with Crippen LogP contribution in [0.2, 0.25) is 0 Å². The van der Waals surface area contributed by atoms with Crippen molar-refractivity contribution < 1.29 is 0 Å². The third-order valence-electron chi connectivity index (χ3n) is 18.7. The maximum Gasteiger partial charge on any atom is 0.101 e. The van der Waals surface area contributed by atoms with Gasteiger partial charge in [0, 0.05) is 49.6 Å². The summed E-state index contributed by atoms with van der Waals surface area (Å²) >= 11 is 0. The lowest BCUT2D eigenvalue weighted by Crippen LogP contribution is -2.18. The van der Waals surface area contributed by atoms with Gasteiger partial charge in [-0.2, -0.15) is 5.26 Å². The Balaban J connectivity index is 1.09. The Morgan fingerprint density at radius 1 is 0.321 bits per heavy atom. The first-order valence-electron chi connectivity index (χ1n) is 30.5. The van der Waals surface area contributed by atoms with Gasteiger partial charge in [-0.3, -0.25) is 0 Å². The minimum absolute atomic E-state index is 0.0144. The molecule has 0 fully saturated rings. The Hall–Kier alpha value is -8.13. The topological polar surface area (TPSA) is 38.6 Å². The Morgan fingerprint density at radius 3 is 1.14 bits per heavy atom. The molecule has 0 saturated carbocycles. The van der Waals surface area contributed by atoms with Gasteiger partial charge in [0.25, 0.3) is 0 Å². The van der Waals surface area contributed by atoms with Crippen LogP contribution in [0.5, 0.6) is 0 Å². The minimum Gasteiger partial charge on any atom is -0.309 e. The maximum atomic E-state index is 11.5. The fourth-order valence-corrected chi connectivity index (χ4v) is 13.7. The number of fused-ring (bicyclic) bond motifs is 14. The predicted octanol–water partition coefficient (Wildman–Crippen LogP) is 21.8. The van der Waals surface area contributed by atoms with E-state index in [0.717, 1.165) is 33.4 Å². The summed E-state index contributed by atoms with van der Waals surface area (Å²) in [5.41, 5.74) is 24.7. The Labute approximate surface area is 498 Å². The zero-order valence-electron chi connectivity index (χ0n) is 53.0. The molecule has 0 spiro atoms. The zero-order chi connectivity index (χ0) is 59.7. The quantitative estimate of drug-likeness (QED) is 0.173. The molecular weight excluding hydrogens is 1020 g/mol. The lowest BCUT2D eigenvalue weighted by molar-refractivity contribution is 0.566. The number of nitriles is 1. The first kappa shape index (κ1) is 55.1. The van der Waals surface area contributed by atoms with Gasteiger partial charge in [0.2, 0.25) is 0 Å². The summed E-state index contributed by atoms with van der Waals surface area (Å²) in [4.78, 5) is 0. The predicted molar refractivity (Wildman–Crippen MR) is 359 cm³/mol. The molecule has 0 radical (unpaired) electrons. The number of hydrogen-bond donors (Lipinski definition) is 0. The van der Waals surface area contributed by atoms with Crippen molar-refractivity contribution in [2.45, 2.75) is 163 Å². The lowest BCUT2D eigenvalue weighted by Gasteiger charge is -2.28. The van der Waals surface area contributed by atoms with Gasteiger partial charge in [0.1, 0.15) is 6.07 Å². The van der Waals surface area contributed by atoms with Crippen LogP contribution in [0.15, 0.2) is 164 Å². The van der Waals surface area contributed by atoms with E-state index in [0.29, 0.717) is 5.56 Å². The molecule has 1 atom stereocenters. The third kappa shape index (κ3) is 8.66. The summed E-state index contributed by atoms with van der Waals surface area (Å²) in [6.45, 7) is 41.9. The van der Waals surface area contributed by atoms with Crippen LogP contribution in [0.3, 0.4) is 0 Å². The van der Waals surface area contributed by atoms with Crippen LogP contribution in [0.4, 0.5) is 0 Å². The highest BCUT2D eigenvalue weighted by atomic mass is 15.0. The molecule has 1 aliphatic rings. The number of hydrogen-bond acceptors (Lipinski definition) is 1. The van der Waals surface area contributed by atoms with Crippen LogP contribution in [0.1, 0.15) is 186 Å². The monoisotopic (exact) mass is 1100 g/mol. The molecule has 0 amide bonds. The zero-order valence-corrected chi connectivity index (χ0v) is 53.0. The number of nitrogens with zero attached hydrogens (tertiary/aromatic N) is 4. The molecule has 0 saturated heterocycles. The van der Waals surface area contributed by atoms with Crippen LogP contribution in [-0.4, -0.2) is 13.7 Å². The first-order chi connectivity index (χ1) is 39.4. The van der Waals surface area contributed by atoms with E-state index in [4.69, 9.17) is 0 Å². The normalized spacial score (nSPS) is 14.4. The second-order valence-corrected chi connectivity index (χ2v) is 30.7. The van der Waals surface area contributed by atoms with E-state index in [1.165, 1.54) is 110 Å². The van der Waals surface area contributed by atoms with Gasteiger partial charge in [-0.25, -0.2) is 0 Å². The van der Waals surface area contributed by atoms with E-state index >= 15 is 0 Å². The van der Waals surface area contributed by atoms with E-state index in [2.05, 4.69) is 308 Å². The summed E-state index contributed by atoms with van der Waals surface area (Å²) in [7, 11) is 0. The van der Waals surface area contributed by atoms with Crippen molar-refractivity contribution in [3.63, 3.8) is 0 Å². The number of aromatic nitrogens is 3. The molecule has 9 aromatic carbocycles. The molecule has 0 bridgehead atoms. The van der Waals surface area contributed by atoms with Gasteiger partial charge in [0.15, 0.2) is 0 Å². The van der Waals surface area contributed by atoms with Crippen LogP contribution in [0.25, 0.3) is 93.6 Å². The molecule has 1 unspecified atom stereocenters. The van der Waals surface area contributed by atoms with E-state index in [1.54, 1.807) is 0 Å². The summed E-state index contributed by atoms with van der Waals surface area (Å²) in [6.07, 6.45) is 0. The van der Waals surface area contributed by atoms with E-state index in [1.807, 2.05) is 0 Å². The molecule has 0 aliphatic heterocycles. The summed E-state index contributed by atoms with van der Waals surface area (Å²) < 4.78 is 7.31. The molecular formula is C80H82N4. The molecule has 4 nitrogen and oxygen atoms in total. The van der Waals surface area contributed by atoms with Gasteiger partial charge >= 0.3 is 0 Å². The van der Waals surface area contributed by atoms with Crippen molar-refractivity contribution in [1.29, 1.82) is 5.26 Å². The molecule has 13 rings (SSSR count). The highest BCUT2D eigenvalue weighted by Crippen LogP contribution is 2.57.